The van der Waals surface area contributed by atoms with Crippen molar-refractivity contribution < 1.29 is 9.52 Å². The van der Waals surface area contributed by atoms with Gasteiger partial charge in [0, 0.05) is 45.6 Å². The average molecular weight is 1040 g/mol. The molecular formula is C73H74N4O2. The standard InChI is InChI=1S/C73H74N4O2/c1-69(2,3)49-29-30-60(54(41-49)45-25-20-17-21-26-45)77-61-28-22-27-53(65(61)76-68(77)57-42-52(72(10,11)12)43-58(66(57)78)73(13,14)15)47-37-55(59-39-46(31-33-74-59)44-23-18-16-19-24-44)67-56(38-47)63-62(79-67)32-34-75-64(63)48-35-50(70(4,5)6)40-51(36-48)71(7,8)9/h16-43,78H,1-15H3. The summed E-state index contributed by atoms with van der Waals surface area (Å²) in [7, 11) is 0. The summed E-state index contributed by atoms with van der Waals surface area (Å²) in [5, 5.41) is 14.7. The number of aromatic hydroxyl groups is 1. The largest absolute Gasteiger partial charge is 0.507 e. The van der Waals surface area contributed by atoms with Crippen molar-refractivity contribution >= 4 is 33.0 Å². The van der Waals surface area contributed by atoms with Crippen LogP contribution in [0, 0.1) is 0 Å². The quantitative estimate of drug-likeness (QED) is 0.172. The molecule has 1 N–H and O–H groups in total. The van der Waals surface area contributed by atoms with Crippen LogP contribution in [-0.2, 0) is 27.1 Å². The summed E-state index contributed by atoms with van der Waals surface area (Å²) in [6.07, 6.45) is 3.77. The maximum absolute atomic E-state index is 12.8. The highest BCUT2D eigenvalue weighted by atomic mass is 16.3. The predicted molar refractivity (Wildman–Crippen MR) is 332 cm³/mol. The Labute approximate surface area is 467 Å². The van der Waals surface area contributed by atoms with Gasteiger partial charge in [0.15, 0.2) is 0 Å². The molecule has 0 bridgehead atoms. The van der Waals surface area contributed by atoms with Crippen LogP contribution in [0.2, 0.25) is 0 Å². The topological polar surface area (TPSA) is 77.0 Å². The van der Waals surface area contributed by atoms with E-state index in [1.54, 1.807) is 0 Å². The molecule has 0 saturated heterocycles. The van der Waals surface area contributed by atoms with Gasteiger partial charge in [0.05, 0.1) is 39.1 Å². The molecule has 0 fully saturated rings. The van der Waals surface area contributed by atoms with E-state index in [0.29, 0.717) is 11.4 Å². The second-order valence-corrected chi connectivity index (χ2v) is 26.8. The van der Waals surface area contributed by atoms with Gasteiger partial charge in [-0.3, -0.25) is 14.5 Å². The number of phenols is 1. The first kappa shape index (κ1) is 52.9. The van der Waals surface area contributed by atoms with E-state index in [0.717, 1.165) is 106 Å². The predicted octanol–water partition coefficient (Wildman–Crippen LogP) is 19.9. The fraction of sp³-hybridized carbons (Fsp3) is 0.274. The Bertz CT molecular complexity index is 4110. The van der Waals surface area contributed by atoms with Crippen molar-refractivity contribution in [3.63, 3.8) is 0 Å². The Kier molecular flexibility index (Phi) is 12.8. The highest BCUT2D eigenvalue weighted by Crippen LogP contribution is 2.48. The molecule has 6 nitrogen and oxygen atoms in total. The van der Waals surface area contributed by atoms with Crippen molar-refractivity contribution in [3.8, 4) is 78.7 Å². The van der Waals surface area contributed by atoms with Gasteiger partial charge in [-0.2, -0.15) is 0 Å². The van der Waals surface area contributed by atoms with Gasteiger partial charge in [-0.25, -0.2) is 4.98 Å². The van der Waals surface area contributed by atoms with Crippen LogP contribution in [0.3, 0.4) is 0 Å². The fourth-order valence-corrected chi connectivity index (χ4v) is 11.0. The zero-order valence-electron chi connectivity index (χ0n) is 48.8. The van der Waals surface area contributed by atoms with Crippen molar-refractivity contribution in [3.05, 3.63) is 198 Å². The zero-order chi connectivity index (χ0) is 56.1. The first-order valence-electron chi connectivity index (χ1n) is 27.9. The molecule has 398 valence electrons. The number of phenolic OH excluding ortho intramolecular Hbond substituents is 1. The molecule has 0 spiro atoms. The van der Waals surface area contributed by atoms with Gasteiger partial charge >= 0.3 is 0 Å². The van der Waals surface area contributed by atoms with Crippen molar-refractivity contribution in [2.75, 3.05) is 0 Å². The molecule has 4 heterocycles. The van der Waals surface area contributed by atoms with Gasteiger partial charge in [-0.05, 0) is 138 Å². The van der Waals surface area contributed by atoms with Crippen molar-refractivity contribution in [2.45, 2.75) is 131 Å². The Morgan fingerprint density at radius 2 is 1.04 bits per heavy atom. The Morgan fingerprint density at radius 1 is 0.430 bits per heavy atom. The van der Waals surface area contributed by atoms with Gasteiger partial charge in [-0.15, -0.1) is 0 Å². The fourth-order valence-electron chi connectivity index (χ4n) is 11.0. The maximum atomic E-state index is 12.8. The van der Waals surface area contributed by atoms with Gasteiger partial charge in [0.2, 0.25) is 0 Å². The van der Waals surface area contributed by atoms with Crippen molar-refractivity contribution in [1.29, 1.82) is 0 Å². The first-order valence-corrected chi connectivity index (χ1v) is 27.9. The van der Waals surface area contributed by atoms with Crippen LogP contribution in [0.1, 0.15) is 132 Å². The molecule has 0 atom stereocenters. The molecule has 0 aliphatic heterocycles. The van der Waals surface area contributed by atoms with Crippen LogP contribution < -0.4 is 0 Å². The third kappa shape index (κ3) is 9.85. The minimum Gasteiger partial charge on any atom is -0.507 e. The van der Waals surface area contributed by atoms with Crippen LogP contribution in [-0.4, -0.2) is 24.6 Å². The number of para-hydroxylation sites is 1. The average Bonchev–Trinajstić information content (AvgIpc) is 4.00. The maximum Gasteiger partial charge on any atom is 0.149 e. The lowest BCUT2D eigenvalue weighted by Crippen LogP contribution is -2.17. The number of rotatable bonds is 7. The minimum absolute atomic E-state index is 0.102. The molecule has 79 heavy (non-hydrogen) atoms. The highest BCUT2D eigenvalue weighted by Gasteiger charge is 2.31. The van der Waals surface area contributed by atoms with Gasteiger partial charge in [-0.1, -0.05) is 195 Å². The number of imidazole rings is 1. The highest BCUT2D eigenvalue weighted by molar-refractivity contribution is 6.16. The molecular weight excluding hydrogens is 965 g/mol. The van der Waals surface area contributed by atoms with E-state index in [1.807, 2.05) is 24.5 Å². The summed E-state index contributed by atoms with van der Waals surface area (Å²) in [4.78, 5) is 16.2. The van der Waals surface area contributed by atoms with E-state index in [-0.39, 0.29) is 32.8 Å². The minimum atomic E-state index is -0.368. The molecule has 4 aromatic heterocycles. The molecule has 11 rings (SSSR count). The van der Waals surface area contributed by atoms with Crippen molar-refractivity contribution in [2.24, 2.45) is 0 Å². The Hall–Kier alpha value is -8.09. The molecule has 0 saturated carbocycles. The van der Waals surface area contributed by atoms with Gasteiger partial charge in [0.1, 0.15) is 22.7 Å². The lowest BCUT2D eigenvalue weighted by atomic mass is 9.79. The van der Waals surface area contributed by atoms with Crippen molar-refractivity contribution in [1.82, 2.24) is 19.5 Å². The summed E-state index contributed by atoms with van der Waals surface area (Å²) < 4.78 is 9.40. The van der Waals surface area contributed by atoms with Crippen LogP contribution in [0.4, 0.5) is 0 Å². The summed E-state index contributed by atoms with van der Waals surface area (Å²) >= 11 is 0. The SMILES string of the molecule is CC(C)(C)c1cc(-c2nccc3oc4c(-c5cc(-c6ccccc6)ccn5)cc(-c5cccc6c5nc(-c5cc(C(C)(C)C)cc(C(C)(C)C)c5O)n6-c5ccc(C(C)(C)C)cc5-c5ccccc5)cc4c23)cc(C(C)(C)C)c1. The van der Waals surface area contributed by atoms with Crippen LogP contribution in [0.5, 0.6) is 5.75 Å². The number of hydrogen-bond donors (Lipinski definition) is 1. The Balaban J connectivity index is 1.27. The molecule has 0 radical (unpaired) electrons. The Morgan fingerprint density at radius 3 is 1.67 bits per heavy atom. The number of furan rings is 1. The smallest absolute Gasteiger partial charge is 0.149 e. The number of benzene rings is 7. The number of pyridine rings is 2. The van der Waals surface area contributed by atoms with E-state index in [2.05, 4.69) is 254 Å². The van der Waals surface area contributed by atoms with Gasteiger partial charge in [0.25, 0.3) is 0 Å². The second kappa shape index (κ2) is 19.1. The summed E-state index contributed by atoms with van der Waals surface area (Å²) in [6.45, 7) is 33.6. The monoisotopic (exact) mass is 1040 g/mol. The number of aromatic nitrogens is 4. The second-order valence-electron chi connectivity index (χ2n) is 26.8. The number of hydrogen-bond acceptors (Lipinski definition) is 5. The summed E-state index contributed by atoms with van der Waals surface area (Å²) in [6, 6.07) is 56.5. The number of nitrogens with zero attached hydrogens (tertiary/aromatic N) is 4. The summed E-state index contributed by atoms with van der Waals surface area (Å²) in [5.74, 6) is 0.888. The van der Waals surface area contributed by atoms with E-state index < -0.39 is 0 Å². The normalized spacial score (nSPS) is 12.8. The lowest BCUT2D eigenvalue weighted by Gasteiger charge is -2.28. The van der Waals surface area contributed by atoms with Gasteiger partial charge < -0.3 is 9.52 Å². The van der Waals surface area contributed by atoms with Crippen LogP contribution in [0.15, 0.2) is 175 Å². The molecule has 0 amide bonds. The third-order valence-corrected chi connectivity index (χ3v) is 15.8. The molecule has 0 aliphatic carbocycles. The number of fused-ring (bicyclic) bond motifs is 4. The van der Waals surface area contributed by atoms with E-state index in [1.165, 1.54) is 16.7 Å². The van der Waals surface area contributed by atoms with E-state index >= 15 is 0 Å². The summed E-state index contributed by atoms with van der Waals surface area (Å²) in [5.41, 5.74) is 19.4. The zero-order valence-corrected chi connectivity index (χ0v) is 48.8. The molecule has 0 aliphatic rings. The lowest BCUT2D eigenvalue weighted by molar-refractivity contribution is 0.446. The molecule has 6 heteroatoms. The van der Waals surface area contributed by atoms with Crippen LogP contribution >= 0.6 is 0 Å². The third-order valence-electron chi connectivity index (χ3n) is 15.8. The van der Waals surface area contributed by atoms with E-state index in [9.17, 15) is 5.11 Å². The molecule has 11 aromatic rings. The molecule has 7 aromatic carbocycles. The first-order chi connectivity index (χ1) is 37.2. The van der Waals surface area contributed by atoms with Crippen LogP contribution in [0.25, 0.3) is 106 Å². The molecule has 0 unspecified atom stereocenters. The van der Waals surface area contributed by atoms with E-state index in [4.69, 9.17) is 19.4 Å².